The molecule has 0 bridgehead atoms. The fraction of sp³-hybridized carbons (Fsp3) is 0.385. The Hall–Kier alpha value is -5.41. The third-order valence-corrected chi connectivity index (χ3v) is 13.0. The van der Waals surface area contributed by atoms with E-state index in [0.717, 1.165) is 42.7 Å². The van der Waals surface area contributed by atoms with Crippen LogP contribution in [0.3, 0.4) is 0 Å². The second-order valence-corrected chi connectivity index (χ2v) is 20.3. The number of carbonyl (C=O) groups excluding carboxylic acids is 1. The molecule has 344 valence electrons. The van der Waals surface area contributed by atoms with Crippen LogP contribution in [0, 0.1) is 29.4 Å². The number of aromatic nitrogens is 4. The Balaban J connectivity index is 1.63. The molecule has 64 heavy (non-hydrogen) atoms. The van der Waals surface area contributed by atoms with Crippen LogP contribution in [0.1, 0.15) is 54.3 Å². The Labute approximate surface area is 363 Å². The molecule has 2 N–H and O–H groups in total. The zero-order chi connectivity index (χ0) is 47.7. The summed E-state index contributed by atoms with van der Waals surface area (Å²) in [4.78, 5) is 18.6. The molecule has 3 atom stereocenters. The van der Waals surface area contributed by atoms with Crippen LogP contribution in [-0.2, 0) is 56.3 Å². The van der Waals surface area contributed by atoms with Gasteiger partial charge in [0.2, 0.25) is 15.9 Å². The molecule has 0 radical (unpaired) electrons. The summed E-state index contributed by atoms with van der Waals surface area (Å²) in [5, 5.41) is 8.70. The summed E-state index contributed by atoms with van der Waals surface area (Å²) in [6.07, 6.45) is -7.56. The van der Waals surface area contributed by atoms with Gasteiger partial charge in [0.15, 0.2) is 21.3 Å². The largest absolute Gasteiger partial charge is 0.435 e. The van der Waals surface area contributed by atoms with Crippen LogP contribution < -0.4 is 10.0 Å². The summed E-state index contributed by atoms with van der Waals surface area (Å²) >= 11 is 6.47. The number of alkyl halides is 8. The van der Waals surface area contributed by atoms with Gasteiger partial charge in [-0.2, -0.15) is 45.3 Å². The fourth-order valence-corrected chi connectivity index (χ4v) is 8.12. The molecule has 2 aromatic carbocycles. The molecule has 2 heterocycles. The molecule has 25 heteroatoms. The van der Waals surface area contributed by atoms with Crippen molar-refractivity contribution in [2.24, 2.45) is 10.9 Å². The zero-order valence-corrected chi connectivity index (χ0v) is 35.9. The van der Waals surface area contributed by atoms with E-state index in [-0.39, 0.29) is 26.4 Å². The number of amides is 1. The number of rotatable bonds is 13. The van der Waals surface area contributed by atoms with Gasteiger partial charge in [0.25, 0.3) is 5.92 Å². The standard InChI is InChI=1S/C39H34ClF10N7O5S2/c1-6-7-22(10-11-36(2,3)63(4,59)60)51-31(23-8-9-26(40)30-32(23)57(18-37(43,44)45)54-35(30)55-64(5,61)62)27(14-19-12-20(41)15-21(42)13-19)52-28(58)17-56-34-29(33(53-56)39(48,49)50)24-16-25(24)38(34,46)47/h6-9,12-13,15,24-25,27H,1,14,16-18H2,2-5H3,(H,52,58)(H,54,55)/b22-7-,51-31?. The highest BCUT2D eigenvalue weighted by atomic mass is 35.5. The summed E-state index contributed by atoms with van der Waals surface area (Å²) < 4.78 is 196. The fourth-order valence-electron chi connectivity index (χ4n) is 7.15. The summed E-state index contributed by atoms with van der Waals surface area (Å²) in [5.41, 5.74) is -5.90. The van der Waals surface area contributed by atoms with Crippen LogP contribution in [0.15, 0.2) is 59.8 Å². The van der Waals surface area contributed by atoms with Gasteiger partial charge in [0, 0.05) is 29.4 Å². The molecular weight excluding hydrogens is 936 g/mol. The normalized spacial score (nSPS) is 18.2. The number of benzene rings is 2. The Morgan fingerprint density at radius 3 is 2.25 bits per heavy atom. The molecule has 0 aliphatic heterocycles. The van der Waals surface area contributed by atoms with E-state index in [1.807, 2.05) is 4.72 Å². The van der Waals surface area contributed by atoms with Crippen molar-refractivity contribution in [2.45, 2.75) is 74.8 Å². The Bertz CT molecular complexity index is 2930. The molecule has 12 nitrogen and oxygen atoms in total. The first kappa shape index (κ1) is 48.1. The molecule has 1 saturated carbocycles. The van der Waals surface area contributed by atoms with Crippen molar-refractivity contribution in [1.82, 2.24) is 24.9 Å². The zero-order valence-electron chi connectivity index (χ0n) is 33.6. The number of hydrogen-bond donors (Lipinski definition) is 2. The van der Waals surface area contributed by atoms with Gasteiger partial charge in [0.05, 0.1) is 33.9 Å². The van der Waals surface area contributed by atoms with Crippen molar-refractivity contribution in [1.29, 1.82) is 0 Å². The molecule has 2 aromatic heterocycles. The van der Waals surface area contributed by atoms with Crippen molar-refractivity contribution in [3.8, 4) is 11.8 Å². The second kappa shape index (κ2) is 16.5. The van der Waals surface area contributed by atoms with Gasteiger partial charge < -0.3 is 5.32 Å². The lowest BCUT2D eigenvalue weighted by Crippen LogP contribution is -2.45. The van der Waals surface area contributed by atoms with Crippen molar-refractivity contribution < 1.29 is 65.5 Å². The quantitative estimate of drug-likeness (QED) is 0.0611. The molecule has 2 aliphatic rings. The first-order valence-corrected chi connectivity index (χ1v) is 22.7. The lowest BCUT2D eigenvalue weighted by Gasteiger charge is -2.24. The average molecular weight is 970 g/mol. The van der Waals surface area contributed by atoms with Gasteiger partial charge >= 0.3 is 12.4 Å². The second-order valence-electron chi connectivity index (χ2n) is 15.6. The van der Waals surface area contributed by atoms with Crippen LogP contribution in [0.5, 0.6) is 0 Å². The molecule has 1 amide bonds. The lowest BCUT2D eigenvalue weighted by atomic mass is 9.94. The highest BCUT2D eigenvalue weighted by molar-refractivity contribution is 7.92. The monoisotopic (exact) mass is 969 g/mol. The van der Waals surface area contributed by atoms with Crippen molar-refractivity contribution in [2.75, 3.05) is 17.2 Å². The predicted molar refractivity (Wildman–Crippen MR) is 215 cm³/mol. The van der Waals surface area contributed by atoms with Crippen LogP contribution in [0.25, 0.3) is 10.9 Å². The molecule has 1 fully saturated rings. The number of aliphatic imine (C=N–C) groups is 1. The first-order valence-electron chi connectivity index (χ1n) is 18.5. The molecule has 2 aliphatic carbocycles. The maximum Gasteiger partial charge on any atom is 0.435 e. The van der Waals surface area contributed by atoms with Gasteiger partial charge in [-0.15, -0.1) is 0 Å². The molecule has 0 saturated heterocycles. The maximum absolute atomic E-state index is 15.5. The minimum atomic E-state index is -5.21. The van der Waals surface area contributed by atoms with Crippen molar-refractivity contribution in [3.05, 3.63) is 99.5 Å². The third kappa shape index (κ3) is 10.1. The Morgan fingerprint density at radius 1 is 1.05 bits per heavy atom. The average Bonchev–Trinajstić information content (AvgIpc) is 3.65. The van der Waals surface area contributed by atoms with Gasteiger partial charge in [-0.3, -0.25) is 18.9 Å². The van der Waals surface area contributed by atoms with Crippen LogP contribution >= 0.6 is 11.6 Å². The number of anilines is 1. The number of fused-ring (bicyclic) bond motifs is 4. The minimum Gasteiger partial charge on any atom is -0.346 e. The molecular formula is C39H34ClF10N7O5S2. The van der Waals surface area contributed by atoms with Crippen LogP contribution in [0.2, 0.25) is 5.02 Å². The number of nitrogens with zero attached hydrogens (tertiary/aromatic N) is 5. The molecule has 0 spiro atoms. The summed E-state index contributed by atoms with van der Waals surface area (Å²) in [6, 6.07) is 2.31. The molecule has 6 rings (SSSR count). The van der Waals surface area contributed by atoms with Gasteiger partial charge in [0.1, 0.15) is 40.9 Å². The van der Waals surface area contributed by atoms with E-state index in [9.17, 15) is 56.8 Å². The highest BCUT2D eigenvalue weighted by Crippen LogP contribution is 2.68. The predicted octanol–water partition coefficient (Wildman–Crippen LogP) is 7.44. The number of carbonyl (C=O) groups is 1. The SMILES string of the molecule is C=C/C=C(/C#CC(C)(C)S(C)(=O)=O)N=C(c1ccc(Cl)c2c(NS(C)(=O)=O)nn(CC(F)(F)F)c12)C(Cc1cc(F)cc(F)c1)NC(=O)Cn1nc(C(F)(F)F)c2c1C(F)(F)C1CC21. The maximum atomic E-state index is 15.5. The number of sulfone groups is 1. The number of halogens is 11. The van der Waals surface area contributed by atoms with Crippen LogP contribution in [0.4, 0.5) is 49.7 Å². The van der Waals surface area contributed by atoms with Gasteiger partial charge in [-0.1, -0.05) is 30.2 Å². The number of nitrogens with one attached hydrogen (secondary N) is 2. The third-order valence-electron chi connectivity index (χ3n) is 10.2. The van der Waals surface area contributed by atoms with E-state index < -0.39 is 148 Å². The number of hydrogen-bond acceptors (Lipinski definition) is 8. The molecule has 3 unspecified atom stereocenters. The first-order chi connectivity index (χ1) is 29.3. The van der Waals surface area contributed by atoms with E-state index in [2.05, 4.69) is 38.9 Å². The van der Waals surface area contributed by atoms with E-state index in [1.165, 1.54) is 13.8 Å². The Morgan fingerprint density at radius 2 is 1.69 bits per heavy atom. The smallest absolute Gasteiger partial charge is 0.346 e. The van der Waals surface area contributed by atoms with Gasteiger partial charge in [-0.05, 0) is 74.4 Å². The van der Waals surface area contributed by atoms with Crippen LogP contribution in [-0.4, -0.2) is 77.5 Å². The van der Waals surface area contributed by atoms with E-state index in [0.29, 0.717) is 12.3 Å². The van der Waals surface area contributed by atoms with E-state index >= 15 is 8.78 Å². The summed E-state index contributed by atoms with van der Waals surface area (Å²) in [6.45, 7) is 2.78. The highest BCUT2D eigenvalue weighted by Gasteiger charge is 2.68. The topological polar surface area (TPSA) is 157 Å². The minimum absolute atomic E-state index is 0.180. The number of allylic oxidation sites excluding steroid dienone is 3. The lowest BCUT2D eigenvalue weighted by molar-refractivity contribution is -0.143. The summed E-state index contributed by atoms with van der Waals surface area (Å²) in [7, 11) is -8.20. The van der Waals surface area contributed by atoms with E-state index in [1.54, 1.807) is 0 Å². The van der Waals surface area contributed by atoms with Crippen molar-refractivity contribution >= 4 is 59.8 Å². The van der Waals surface area contributed by atoms with Gasteiger partial charge in [-0.25, -0.2) is 30.6 Å². The Kier molecular flexibility index (Phi) is 12.4. The summed E-state index contributed by atoms with van der Waals surface area (Å²) in [5.74, 6) is -5.87. The molecule has 4 aromatic rings. The van der Waals surface area contributed by atoms with E-state index in [4.69, 9.17) is 11.6 Å². The number of sulfonamides is 1. The van der Waals surface area contributed by atoms with Crippen molar-refractivity contribution in [3.63, 3.8) is 0 Å².